The zero-order valence-corrected chi connectivity index (χ0v) is 10.6. The van der Waals surface area contributed by atoms with Gasteiger partial charge in [-0.1, -0.05) is 18.2 Å². The number of allylic oxidation sites excluding steroid dienone is 1. The van der Waals surface area contributed by atoms with Crippen molar-refractivity contribution in [2.24, 2.45) is 0 Å². The summed E-state index contributed by atoms with van der Waals surface area (Å²) in [5, 5.41) is 7.56. The Morgan fingerprint density at radius 3 is 2.68 bits per heavy atom. The van der Waals surface area contributed by atoms with Gasteiger partial charge in [0, 0.05) is 18.3 Å². The van der Waals surface area contributed by atoms with E-state index in [1.54, 1.807) is 25.1 Å². The first kappa shape index (κ1) is 13.1. The Labute approximate surface area is 109 Å². The van der Waals surface area contributed by atoms with Crippen LogP contribution in [0.1, 0.15) is 18.5 Å². The summed E-state index contributed by atoms with van der Waals surface area (Å²) in [5.74, 6) is -0.831. The first-order valence-electron chi connectivity index (χ1n) is 5.79. The molecule has 0 bridgehead atoms. The number of halogens is 1. The molecule has 3 amide bonds. The highest BCUT2D eigenvalue weighted by Crippen LogP contribution is 2.28. The van der Waals surface area contributed by atoms with E-state index in [1.807, 2.05) is 0 Å². The molecule has 0 radical (unpaired) electrons. The van der Waals surface area contributed by atoms with Crippen LogP contribution in [0.5, 0.6) is 0 Å². The molecular weight excluding hydrogens is 249 g/mol. The lowest BCUT2D eigenvalue weighted by molar-refractivity contribution is -0.117. The molecule has 0 aromatic heterocycles. The zero-order valence-electron chi connectivity index (χ0n) is 10.6. The zero-order chi connectivity index (χ0) is 14.0. The predicted octanol–water partition coefficient (Wildman–Crippen LogP) is 1.20. The van der Waals surface area contributed by atoms with Crippen molar-refractivity contribution in [2.75, 3.05) is 7.05 Å². The summed E-state index contributed by atoms with van der Waals surface area (Å²) in [5.41, 5.74) is 0.971. The number of rotatable bonds is 2. The molecule has 1 aliphatic rings. The van der Waals surface area contributed by atoms with Gasteiger partial charge in [0.15, 0.2) is 0 Å². The molecule has 1 aromatic rings. The summed E-state index contributed by atoms with van der Waals surface area (Å²) in [6.07, 6.45) is 0. The van der Waals surface area contributed by atoms with E-state index in [9.17, 15) is 14.0 Å². The molecule has 100 valence electrons. The number of nitrogens with one attached hydrogen (secondary N) is 3. The van der Waals surface area contributed by atoms with E-state index in [1.165, 1.54) is 13.1 Å². The second-order valence-electron chi connectivity index (χ2n) is 4.17. The third-order valence-electron chi connectivity index (χ3n) is 2.96. The lowest BCUT2D eigenvalue weighted by atomic mass is 9.94. The molecule has 2 rings (SSSR count). The molecular formula is C13H14FN3O2. The van der Waals surface area contributed by atoms with Crippen LogP contribution in [0.25, 0.3) is 0 Å². The van der Waals surface area contributed by atoms with Crippen LogP contribution in [-0.4, -0.2) is 19.0 Å². The summed E-state index contributed by atoms with van der Waals surface area (Å²) in [4.78, 5) is 23.4. The molecule has 6 heteroatoms. The van der Waals surface area contributed by atoms with Gasteiger partial charge in [-0.2, -0.15) is 0 Å². The molecule has 1 atom stereocenters. The lowest BCUT2D eigenvalue weighted by Crippen LogP contribution is -2.46. The van der Waals surface area contributed by atoms with Crippen molar-refractivity contribution in [1.82, 2.24) is 16.0 Å². The average Bonchev–Trinajstić information content (AvgIpc) is 2.37. The fourth-order valence-electron chi connectivity index (χ4n) is 2.07. The van der Waals surface area contributed by atoms with Gasteiger partial charge in [0.1, 0.15) is 5.82 Å². The minimum atomic E-state index is -0.796. The predicted molar refractivity (Wildman–Crippen MR) is 67.6 cm³/mol. The highest BCUT2D eigenvalue weighted by atomic mass is 19.1. The summed E-state index contributed by atoms with van der Waals surface area (Å²) >= 11 is 0. The van der Waals surface area contributed by atoms with E-state index < -0.39 is 17.9 Å². The quantitative estimate of drug-likeness (QED) is 0.750. The third-order valence-corrected chi connectivity index (χ3v) is 2.96. The third kappa shape index (κ3) is 2.42. The number of likely N-dealkylation sites (N-methyl/N-ethyl adjacent to an activating group) is 1. The van der Waals surface area contributed by atoms with E-state index in [0.29, 0.717) is 11.3 Å². The summed E-state index contributed by atoms with van der Waals surface area (Å²) in [6, 6.07) is 4.79. The van der Waals surface area contributed by atoms with Gasteiger partial charge in [-0.15, -0.1) is 0 Å². The minimum absolute atomic E-state index is 0.260. The van der Waals surface area contributed by atoms with Crippen LogP contribution in [0.15, 0.2) is 35.5 Å². The Morgan fingerprint density at radius 1 is 1.37 bits per heavy atom. The summed E-state index contributed by atoms with van der Waals surface area (Å²) < 4.78 is 13.8. The number of hydrogen-bond acceptors (Lipinski definition) is 2. The summed E-state index contributed by atoms with van der Waals surface area (Å²) in [7, 11) is 1.48. The maximum absolute atomic E-state index is 13.8. The standard InChI is InChI=1S/C13H14FN3O2/c1-7-10(12(18)15-2)11(17-13(19)16-7)8-5-3-4-6-9(8)14/h3-6,11H,1-2H3,(H,15,18)(H2,16,17,19)/t11-/m1/s1. The van der Waals surface area contributed by atoms with Crippen molar-refractivity contribution in [3.63, 3.8) is 0 Å². The number of benzene rings is 1. The maximum Gasteiger partial charge on any atom is 0.319 e. The van der Waals surface area contributed by atoms with E-state index >= 15 is 0 Å². The number of urea groups is 1. The van der Waals surface area contributed by atoms with Crippen LogP contribution in [0.4, 0.5) is 9.18 Å². The molecule has 0 fully saturated rings. The van der Waals surface area contributed by atoms with Gasteiger partial charge >= 0.3 is 6.03 Å². The maximum atomic E-state index is 13.8. The van der Waals surface area contributed by atoms with Gasteiger partial charge in [0.2, 0.25) is 0 Å². The van der Waals surface area contributed by atoms with Crippen molar-refractivity contribution in [2.45, 2.75) is 13.0 Å². The van der Waals surface area contributed by atoms with Crippen LogP contribution in [-0.2, 0) is 4.79 Å². The van der Waals surface area contributed by atoms with Gasteiger partial charge in [-0.3, -0.25) is 4.79 Å². The molecule has 0 spiro atoms. The normalized spacial score (nSPS) is 18.7. The van der Waals surface area contributed by atoms with Crippen molar-refractivity contribution in [3.8, 4) is 0 Å². The molecule has 0 saturated carbocycles. The van der Waals surface area contributed by atoms with Gasteiger partial charge in [-0.25, -0.2) is 9.18 Å². The first-order chi connectivity index (χ1) is 9.04. The molecule has 19 heavy (non-hydrogen) atoms. The van der Waals surface area contributed by atoms with Crippen LogP contribution in [0.2, 0.25) is 0 Å². The van der Waals surface area contributed by atoms with Crippen LogP contribution in [0, 0.1) is 5.82 Å². The van der Waals surface area contributed by atoms with Gasteiger partial charge < -0.3 is 16.0 Å². The largest absolute Gasteiger partial charge is 0.355 e. The SMILES string of the molecule is CNC(=O)C1=C(C)NC(=O)N[C@@H]1c1ccccc1F. The second-order valence-corrected chi connectivity index (χ2v) is 4.17. The van der Waals surface area contributed by atoms with Crippen molar-refractivity contribution in [3.05, 3.63) is 46.9 Å². The van der Waals surface area contributed by atoms with Crippen molar-refractivity contribution in [1.29, 1.82) is 0 Å². The minimum Gasteiger partial charge on any atom is -0.355 e. The highest BCUT2D eigenvalue weighted by Gasteiger charge is 2.31. The molecule has 3 N–H and O–H groups in total. The first-order valence-corrected chi connectivity index (χ1v) is 5.79. The Hall–Kier alpha value is -2.37. The van der Waals surface area contributed by atoms with E-state index in [4.69, 9.17) is 0 Å². The fraction of sp³-hybridized carbons (Fsp3) is 0.231. The van der Waals surface area contributed by atoms with Crippen LogP contribution < -0.4 is 16.0 Å². The van der Waals surface area contributed by atoms with Crippen LogP contribution >= 0.6 is 0 Å². The second kappa shape index (κ2) is 5.09. The molecule has 5 nitrogen and oxygen atoms in total. The Balaban J connectivity index is 2.53. The molecule has 1 heterocycles. The Morgan fingerprint density at radius 2 is 2.05 bits per heavy atom. The van der Waals surface area contributed by atoms with Gasteiger partial charge in [0.05, 0.1) is 11.6 Å². The number of carbonyl (C=O) groups excluding carboxylic acids is 2. The highest BCUT2D eigenvalue weighted by molar-refractivity contribution is 5.98. The van der Waals surface area contributed by atoms with Crippen molar-refractivity contribution < 1.29 is 14.0 Å². The Bertz CT molecular complexity index is 569. The van der Waals surface area contributed by atoms with E-state index in [-0.39, 0.29) is 11.5 Å². The summed E-state index contributed by atoms with van der Waals surface area (Å²) in [6.45, 7) is 1.61. The molecule has 0 unspecified atom stereocenters. The van der Waals surface area contributed by atoms with Crippen molar-refractivity contribution >= 4 is 11.9 Å². The van der Waals surface area contributed by atoms with Crippen LogP contribution in [0.3, 0.4) is 0 Å². The smallest absolute Gasteiger partial charge is 0.319 e. The monoisotopic (exact) mass is 263 g/mol. The molecule has 0 aliphatic carbocycles. The molecule has 1 aromatic carbocycles. The lowest BCUT2D eigenvalue weighted by Gasteiger charge is -2.28. The fourth-order valence-corrected chi connectivity index (χ4v) is 2.07. The molecule has 0 saturated heterocycles. The molecule has 1 aliphatic heterocycles. The number of hydrogen-bond donors (Lipinski definition) is 3. The number of carbonyl (C=O) groups is 2. The Kier molecular flexibility index (Phi) is 3.50. The van der Waals surface area contributed by atoms with Gasteiger partial charge in [0.25, 0.3) is 5.91 Å². The van der Waals surface area contributed by atoms with E-state index in [2.05, 4.69) is 16.0 Å². The topological polar surface area (TPSA) is 70.2 Å². The average molecular weight is 263 g/mol. The van der Waals surface area contributed by atoms with E-state index in [0.717, 1.165) is 0 Å². The van der Waals surface area contributed by atoms with Gasteiger partial charge in [-0.05, 0) is 13.0 Å². The number of amides is 3.